The quantitative estimate of drug-likeness (QED) is 0.439. The number of likely N-dealkylation sites (tertiary alicyclic amines) is 1. The largest absolute Gasteiger partial charge is 0.450 e. The summed E-state index contributed by atoms with van der Waals surface area (Å²) in [6.45, 7) is 4.42. The molecule has 0 saturated carbocycles. The molecule has 1 heterocycles. The number of hydrogen-bond acceptors (Lipinski definition) is 4. The van der Waals surface area contributed by atoms with E-state index in [4.69, 9.17) is 10.5 Å². The highest BCUT2D eigenvalue weighted by atomic mass is 32.2. The van der Waals surface area contributed by atoms with Crippen LogP contribution in [0.2, 0.25) is 0 Å². The Morgan fingerprint density at radius 3 is 2.80 bits per heavy atom. The minimum atomic E-state index is -0.218. The Labute approximate surface area is 125 Å². The maximum Gasteiger partial charge on any atom is 0.409 e. The molecule has 1 aliphatic heterocycles. The van der Waals surface area contributed by atoms with Gasteiger partial charge in [0.05, 0.1) is 6.61 Å². The normalized spacial score (nSPS) is 17.1. The first-order valence-corrected chi connectivity index (χ1v) is 8.53. The van der Waals surface area contributed by atoms with E-state index in [0.29, 0.717) is 31.7 Å². The van der Waals surface area contributed by atoms with Crippen LogP contribution in [0.1, 0.15) is 26.2 Å². The van der Waals surface area contributed by atoms with Crippen LogP contribution in [0.4, 0.5) is 4.79 Å². The number of nitrogens with two attached hydrogens (primary N) is 1. The maximum absolute atomic E-state index is 11.6. The van der Waals surface area contributed by atoms with Gasteiger partial charge in [-0.3, -0.25) is 4.99 Å². The summed E-state index contributed by atoms with van der Waals surface area (Å²) >= 11 is 1.82. The highest BCUT2D eigenvalue weighted by molar-refractivity contribution is 7.98. The summed E-state index contributed by atoms with van der Waals surface area (Å²) < 4.78 is 4.99. The predicted octanol–water partition coefficient (Wildman–Crippen LogP) is 1.26. The molecule has 0 aliphatic carbocycles. The molecule has 1 rings (SSSR count). The summed E-state index contributed by atoms with van der Waals surface area (Å²) in [5.74, 6) is 1.62. The van der Waals surface area contributed by atoms with Crippen molar-refractivity contribution < 1.29 is 9.53 Å². The van der Waals surface area contributed by atoms with Crippen molar-refractivity contribution in [3.05, 3.63) is 0 Å². The van der Waals surface area contributed by atoms with Gasteiger partial charge in [-0.15, -0.1) is 0 Å². The van der Waals surface area contributed by atoms with Crippen molar-refractivity contribution in [3.63, 3.8) is 0 Å². The summed E-state index contributed by atoms with van der Waals surface area (Å²) in [5.41, 5.74) is 5.86. The molecular weight excluding hydrogens is 276 g/mol. The number of thioether (sulfide) groups is 1. The zero-order valence-electron chi connectivity index (χ0n) is 12.4. The SMILES string of the molecule is CCOC(=O)N1CCC(NC(N)=NCCCSC)CC1. The fraction of sp³-hybridized carbons (Fsp3) is 0.846. The number of hydrogen-bond donors (Lipinski definition) is 2. The van der Waals surface area contributed by atoms with Gasteiger partial charge in [0.1, 0.15) is 0 Å². The average molecular weight is 302 g/mol. The van der Waals surface area contributed by atoms with E-state index >= 15 is 0 Å². The van der Waals surface area contributed by atoms with Crippen molar-refractivity contribution in [2.24, 2.45) is 10.7 Å². The van der Waals surface area contributed by atoms with Gasteiger partial charge in [-0.05, 0) is 38.2 Å². The molecule has 0 aromatic rings. The number of nitrogens with one attached hydrogen (secondary N) is 1. The van der Waals surface area contributed by atoms with Crippen LogP contribution in [0, 0.1) is 0 Å². The Morgan fingerprint density at radius 2 is 2.20 bits per heavy atom. The van der Waals surface area contributed by atoms with Gasteiger partial charge >= 0.3 is 6.09 Å². The summed E-state index contributed by atoms with van der Waals surface area (Å²) in [6.07, 6.45) is 4.66. The number of guanidine groups is 1. The van der Waals surface area contributed by atoms with E-state index in [1.54, 1.807) is 4.90 Å². The molecule has 1 aliphatic rings. The molecule has 0 unspecified atom stereocenters. The van der Waals surface area contributed by atoms with E-state index in [9.17, 15) is 4.79 Å². The smallest absolute Gasteiger partial charge is 0.409 e. The van der Waals surface area contributed by atoms with Gasteiger partial charge in [-0.1, -0.05) is 0 Å². The third-order valence-corrected chi connectivity index (χ3v) is 3.86. The van der Waals surface area contributed by atoms with Crippen LogP contribution in [0.25, 0.3) is 0 Å². The molecule has 3 N–H and O–H groups in total. The lowest BCUT2D eigenvalue weighted by Crippen LogP contribution is -2.48. The fourth-order valence-electron chi connectivity index (χ4n) is 2.08. The second kappa shape index (κ2) is 9.74. The highest BCUT2D eigenvalue weighted by Gasteiger charge is 2.23. The lowest BCUT2D eigenvalue weighted by atomic mass is 10.1. The molecule has 6 nitrogen and oxygen atoms in total. The van der Waals surface area contributed by atoms with E-state index in [0.717, 1.165) is 31.6 Å². The van der Waals surface area contributed by atoms with Crippen LogP contribution in [0.3, 0.4) is 0 Å². The minimum absolute atomic E-state index is 0.218. The van der Waals surface area contributed by atoms with E-state index in [1.165, 1.54) is 0 Å². The Morgan fingerprint density at radius 1 is 1.50 bits per heavy atom. The lowest BCUT2D eigenvalue weighted by Gasteiger charge is -2.31. The van der Waals surface area contributed by atoms with Gasteiger partial charge < -0.3 is 20.7 Å². The standard InChI is InChI=1S/C13H26N4O2S/c1-3-19-13(18)17-8-5-11(6-9-17)16-12(14)15-7-4-10-20-2/h11H,3-10H2,1-2H3,(H3,14,15,16). The number of rotatable bonds is 6. The zero-order chi connectivity index (χ0) is 14.8. The molecule has 1 amide bonds. The molecule has 0 atom stereocenters. The van der Waals surface area contributed by atoms with Crippen molar-refractivity contribution >= 4 is 23.8 Å². The summed E-state index contributed by atoms with van der Waals surface area (Å²) in [4.78, 5) is 17.6. The van der Waals surface area contributed by atoms with Crippen LogP contribution >= 0.6 is 11.8 Å². The summed E-state index contributed by atoms with van der Waals surface area (Å²) in [6, 6.07) is 0.296. The van der Waals surface area contributed by atoms with E-state index in [2.05, 4.69) is 16.6 Å². The third kappa shape index (κ3) is 6.36. The molecule has 1 saturated heterocycles. The van der Waals surface area contributed by atoms with E-state index in [1.807, 2.05) is 18.7 Å². The highest BCUT2D eigenvalue weighted by Crippen LogP contribution is 2.11. The Kier molecular flexibility index (Phi) is 8.25. The molecular formula is C13H26N4O2S. The number of ether oxygens (including phenoxy) is 1. The van der Waals surface area contributed by atoms with Gasteiger partial charge in [0.25, 0.3) is 0 Å². The van der Waals surface area contributed by atoms with E-state index < -0.39 is 0 Å². The summed E-state index contributed by atoms with van der Waals surface area (Å²) in [7, 11) is 0. The van der Waals surface area contributed by atoms with Crippen molar-refractivity contribution in [1.29, 1.82) is 0 Å². The van der Waals surface area contributed by atoms with Gasteiger partial charge in [-0.25, -0.2) is 4.79 Å². The van der Waals surface area contributed by atoms with Crippen LogP contribution in [-0.4, -0.2) is 61.2 Å². The maximum atomic E-state index is 11.6. The van der Waals surface area contributed by atoms with Gasteiger partial charge in [0.2, 0.25) is 0 Å². The average Bonchev–Trinajstić information content (AvgIpc) is 2.45. The number of nitrogens with zero attached hydrogens (tertiary/aromatic N) is 2. The first-order valence-electron chi connectivity index (χ1n) is 7.14. The molecule has 116 valence electrons. The molecule has 0 radical (unpaired) electrons. The molecule has 0 bridgehead atoms. The first kappa shape index (κ1) is 16.9. The number of carbonyl (C=O) groups excluding carboxylic acids is 1. The van der Waals surface area contributed by atoms with Gasteiger partial charge in [-0.2, -0.15) is 11.8 Å². The Bertz CT molecular complexity index is 317. The van der Waals surface area contributed by atoms with Crippen molar-refractivity contribution in [2.45, 2.75) is 32.2 Å². The number of amides is 1. The molecule has 20 heavy (non-hydrogen) atoms. The second-order valence-corrected chi connectivity index (χ2v) is 5.70. The molecule has 7 heteroatoms. The van der Waals surface area contributed by atoms with Gasteiger partial charge in [0, 0.05) is 25.7 Å². The van der Waals surface area contributed by atoms with Crippen molar-refractivity contribution in [1.82, 2.24) is 10.2 Å². The predicted molar refractivity (Wildman–Crippen MR) is 84.2 cm³/mol. The van der Waals surface area contributed by atoms with Crippen molar-refractivity contribution in [2.75, 3.05) is 38.2 Å². The fourth-order valence-corrected chi connectivity index (χ4v) is 2.50. The molecule has 0 spiro atoms. The van der Waals surface area contributed by atoms with Crippen LogP contribution in [-0.2, 0) is 4.74 Å². The monoisotopic (exact) mass is 302 g/mol. The topological polar surface area (TPSA) is 80.0 Å². The second-order valence-electron chi connectivity index (χ2n) is 4.72. The van der Waals surface area contributed by atoms with E-state index in [-0.39, 0.29) is 6.09 Å². The molecule has 0 aromatic heterocycles. The number of piperidine rings is 1. The lowest BCUT2D eigenvalue weighted by molar-refractivity contribution is 0.0963. The van der Waals surface area contributed by atoms with Crippen LogP contribution in [0.15, 0.2) is 4.99 Å². The minimum Gasteiger partial charge on any atom is -0.450 e. The molecule has 0 aromatic carbocycles. The van der Waals surface area contributed by atoms with Crippen LogP contribution < -0.4 is 11.1 Å². The Hall–Kier alpha value is -1.11. The number of aliphatic imine (C=N–C) groups is 1. The Balaban J connectivity index is 2.23. The number of carbonyl (C=O) groups is 1. The van der Waals surface area contributed by atoms with Crippen LogP contribution in [0.5, 0.6) is 0 Å². The third-order valence-electron chi connectivity index (χ3n) is 3.16. The van der Waals surface area contributed by atoms with Crippen molar-refractivity contribution in [3.8, 4) is 0 Å². The summed E-state index contributed by atoms with van der Waals surface area (Å²) in [5, 5.41) is 3.23. The first-order chi connectivity index (χ1) is 9.67. The molecule has 1 fully saturated rings. The van der Waals surface area contributed by atoms with Gasteiger partial charge in [0.15, 0.2) is 5.96 Å². The zero-order valence-corrected chi connectivity index (χ0v) is 13.2.